The van der Waals surface area contributed by atoms with Gasteiger partial charge in [0.2, 0.25) is 0 Å². The molecular formula is C18H26N4O3. The first-order valence-corrected chi connectivity index (χ1v) is 9.03. The molecular weight excluding hydrogens is 320 g/mol. The van der Waals surface area contributed by atoms with E-state index in [9.17, 15) is 9.59 Å². The van der Waals surface area contributed by atoms with Crippen molar-refractivity contribution in [3.63, 3.8) is 0 Å². The summed E-state index contributed by atoms with van der Waals surface area (Å²) in [4.78, 5) is 31.1. The van der Waals surface area contributed by atoms with Gasteiger partial charge in [0.15, 0.2) is 0 Å². The van der Waals surface area contributed by atoms with Crippen molar-refractivity contribution in [1.82, 2.24) is 14.8 Å². The van der Waals surface area contributed by atoms with Crippen LogP contribution in [0.15, 0.2) is 6.07 Å². The third kappa shape index (κ3) is 4.21. The number of hydrogen-bond donors (Lipinski definition) is 2. The number of carboxylic acid groups (broad SMARTS) is 1. The van der Waals surface area contributed by atoms with Crippen LogP contribution >= 0.6 is 0 Å². The molecule has 0 saturated carbocycles. The van der Waals surface area contributed by atoms with E-state index in [0.717, 1.165) is 43.7 Å². The first-order chi connectivity index (χ1) is 12.0. The molecule has 0 unspecified atom stereocenters. The highest BCUT2D eigenvalue weighted by Crippen LogP contribution is 2.23. The SMILES string of the molecule is Cc1cc2c(nc1CCCN1CCN(CCC(=O)O)C1=O)NCCC2. The molecule has 3 heterocycles. The fraction of sp³-hybridized carbons (Fsp3) is 0.611. The zero-order valence-electron chi connectivity index (χ0n) is 14.8. The highest BCUT2D eigenvalue weighted by Gasteiger charge is 2.28. The molecule has 0 aliphatic carbocycles. The second-order valence-electron chi connectivity index (χ2n) is 6.79. The van der Waals surface area contributed by atoms with Gasteiger partial charge in [-0.3, -0.25) is 4.79 Å². The maximum absolute atomic E-state index is 12.3. The maximum Gasteiger partial charge on any atom is 0.320 e. The van der Waals surface area contributed by atoms with Crippen LogP contribution in [0.2, 0.25) is 0 Å². The van der Waals surface area contributed by atoms with Gasteiger partial charge in [0.05, 0.1) is 6.42 Å². The molecule has 1 fully saturated rings. The van der Waals surface area contributed by atoms with Gasteiger partial charge in [-0.15, -0.1) is 0 Å². The van der Waals surface area contributed by atoms with Gasteiger partial charge in [-0.1, -0.05) is 6.07 Å². The molecule has 2 amide bonds. The largest absolute Gasteiger partial charge is 0.481 e. The van der Waals surface area contributed by atoms with Gasteiger partial charge in [-0.05, 0) is 43.7 Å². The van der Waals surface area contributed by atoms with Crippen molar-refractivity contribution in [3.8, 4) is 0 Å². The third-order valence-electron chi connectivity index (χ3n) is 4.93. The minimum absolute atomic E-state index is 0.00478. The molecule has 0 atom stereocenters. The Hall–Kier alpha value is -2.31. The van der Waals surface area contributed by atoms with Crippen LogP contribution in [-0.2, 0) is 17.6 Å². The minimum Gasteiger partial charge on any atom is -0.481 e. The van der Waals surface area contributed by atoms with E-state index in [1.54, 1.807) is 4.90 Å². The molecule has 7 heteroatoms. The summed E-state index contributed by atoms with van der Waals surface area (Å²) >= 11 is 0. The molecule has 2 N–H and O–H groups in total. The van der Waals surface area contributed by atoms with Crippen molar-refractivity contribution in [2.45, 2.75) is 39.0 Å². The zero-order chi connectivity index (χ0) is 17.8. The summed E-state index contributed by atoms with van der Waals surface area (Å²) < 4.78 is 0. The van der Waals surface area contributed by atoms with Crippen molar-refractivity contribution >= 4 is 17.8 Å². The number of aliphatic carboxylic acids is 1. The molecule has 0 aromatic carbocycles. The summed E-state index contributed by atoms with van der Waals surface area (Å²) in [6.07, 6.45) is 3.96. The lowest BCUT2D eigenvalue weighted by Gasteiger charge is -2.20. The number of carbonyl (C=O) groups excluding carboxylic acids is 1. The van der Waals surface area contributed by atoms with E-state index in [0.29, 0.717) is 26.2 Å². The van der Waals surface area contributed by atoms with Gasteiger partial charge >= 0.3 is 12.0 Å². The van der Waals surface area contributed by atoms with Crippen molar-refractivity contribution in [1.29, 1.82) is 0 Å². The lowest BCUT2D eigenvalue weighted by molar-refractivity contribution is -0.137. The number of fused-ring (bicyclic) bond motifs is 1. The highest BCUT2D eigenvalue weighted by molar-refractivity contribution is 5.77. The van der Waals surface area contributed by atoms with E-state index >= 15 is 0 Å². The monoisotopic (exact) mass is 346 g/mol. The molecule has 0 bridgehead atoms. The van der Waals surface area contributed by atoms with E-state index in [-0.39, 0.29) is 12.5 Å². The Balaban J connectivity index is 1.50. The Morgan fingerprint density at radius 2 is 2.08 bits per heavy atom. The zero-order valence-corrected chi connectivity index (χ0v) is 14.8. The van der Waals surface area contributed by atoms with Crippen LogP contribution in [0, 0.1) is 6.92 Å². The third-order valence-corrected chi connectivity index (χ3v) is 4.93. The second kappa shape index (κ2) is 7.72. The quantitative estimate of drug-likeness (QED) is 0.787. The lowest BCUT2D eigenvalue weighted by Crippen LogP contribution is -2.33. The minimum atomic E-state index is -0.867. The Bertz CT molecular complexity index is 662. The van der Waals surface area contributed by atoms with Crippen LogP contribution in [0.4, 0.5) is 10.6 Å². The Labute approximate surface area is 148 Å². The predicted molar refractivity (Wildman–Crippen MR) is 94.9 cm³/mol. The van der Waals surface area contributed by atoms with Crippen LogP contribution in [0.3, 0.4) is 0 Å². The van der Waals surface area contributed by atoms with Gasteiger partial charge in [0, 0.05) is 38.4 Å². The maximum atomic E-state index is 12.3. The molecule has 1 aromatic heterocycles. The average molecular weight is 346 g/mol. The van der Waals surface area contributed by atoms with E-state index < -0.39 is 5.97 Å². The average Bonchev–Trinajstić information content (AvgIpc) is 2.93. The van der Waals surface area contributed by atoms with Crippen LogP contribution in [0.1, 0.15) is 36.1 Å². The number of urea groups is 1. The van der Waals surface area contributed by atoms with Gasteiger partial charge in [0.1, 0.15) is 5.82 Å². The standard InChI is InChI=1S/C18H26N4O3/c1-13-12-14-4-2-7-19-17(14)20-15(13)5-3-8-21-10-11-22(18(21)25)9-6-16(23)24/h12H,2-11H2,1H3,(H,19,20)(H,23,24). The van der Waals surface area contributed by atoms with Crippen LogP contribution < -0.4 is 5.32 Å². The fourth-order valence-electron chi connectivity index (χ4n) is 3.51. The number of carboxylic acids is 1. The number of rotatable bonds is 7. The fourth-order valence-corrected chi connectivity index (χ4v) is 3.51. The number of hydrogen-bond acceptors (Lipinski definition) is 4. The van der Waals surface area contributed by atoms with Crippen molar-refractivity contribution in [2.75, 3.05) is 38.0 Å². The highest BCUT2D eigenvalue weighted by atomic mass is 16.4. The molecule has 136 valence electrons. The number of aryl methyl sites for hydroxylation is 3. The van der Waals surface area contributed by atoms with E-state index in [1.165, 1.54) is 11.1 Å². The molecule has 0 spiro atoms. The topological polar surface area (TPSA) is 85.8 Å². The van der Waals surface area contributed by atoms with E-state index in [4.69, 9.17) is 10.1 Å². The Morgan fingerprint density at radius 1 is 1.32 bits per heavy atom. The van der Waals surface area contributed by atoms with Gasteiger partial charge in [-0.2, -0.15) is 0 Å². The molecule has 2 aliphatic rings. The Kier molecular flexibility index (Phi) is 5.40. The number of anilines is 1. The summed E-state index contributed by atoms with van der Waals surface area (Å²) in [5.74, 6) is 0.151. The summed E-state index contributed by atoms with van der Waals surface area (Å²) in [5, 5.41) is 12.1. The summed E-state index contributed by atoms with van der Waals surface area (Å²) in [7, 11) is 0. The van der Waals surface area contributed by atoms with E-state index in [2.05, 4.69) is 18.3 Å². The summed E-state index contributed by atoms with van der Waals surface area (Å²) in [5.41, 5.74) is 3.62. The summed E-state index contributed by atoms with van der Waals surface area (Å²) in [6, 6.07) is 2.19. The number of carbonyl (C=O) groups is 2. The van der Waals surface area contributed by atoms with Gasteiger partial charge in [0.25, 0.3) is 0 Å². The molecule has 1 saturated heterocycles. The van der Waals surface area contributed by atoms with Crippen LogP contribution in [0.5, 0.6) is 0 Å². The van der Waals surface area contributed by atoms with Crippen LogP contribution in [-0.4, -0.2) is 64.6 Å². The number of amides is 2. The normalized spacial score (nSPS) is 16.8. The Morgan fingerprint density at radius 3 is 2.84 bits per heavy atom. The van der Waals surface area contributed by atoms with Gasteiger partial charge in [-0.25, -0.2) is 9.78 Å². The summed E-state index contributed by atoms with van der Waals surface area (Å²) in [6.45, 7) is 5.36. The lowest BCUT2D eigenvalue weighted by atomic mass is 10.0. The molecule has 1 aromatic rings. The number of nitrogens with one attached hydrogen (secondary N) is 1. The smallest absolute Gasteiger partial charge is 0.320 e. The molecule has 3 rings (SSSR count). The first-order valence-electron chi connectivity index (χ1n) is 9.03. The predicted octanol–water partition coefficient (Wildman–Crippen LogP) is 1.89. The number of nitrogens with zero attached hydrogens (tertiary/aromatic N) is 3. The molecule has 25 heavy (non-hydrogen) atoms. The first kappa shape index (κ1) is 17.5. The van der Waals surface area contributed by atoms with Crippen molar-refractivity contribution in [3.05, 3.63) is 22.9 Å². The molecule has 0 radical (unpaired) electrons. The number of aromatic nitrogens is 1. The second-order valence-corrected chi connectivity index (χ2v) is 6.79. The van der Waals surface area contributed by atoms with Gasteiger partial charge < -0.3 is 20.2 Å². The number of pyridine rings is 1. The molecule has 2 aliphatic heterocycles. The van der Waals surface area contributed by atoms with Crippen molar-refractivity contribution < 1.29 is 14.7 Å². The van der Waals surface area contributed by atoms with E-state index in [1.807, 2.05) is 4.90 Å². The molecule has 7 nitrogen and oxygen atoms in total. The van der Waals surface area contributed by atoms with Crippen LogP contribution in [0.25, 0.3) is 0 Å². The van der Waals surface area contributed by atoms with Crippen molar-refractivity contribution in [2.24, 2.45) is 0 Å².